The van der Waals surface area contributed by atoms with Crippen molar-refractivity contribution in [2.24, 2.45) is 5.73 Å². The minimum absolute atomic E-state index is 0.154. The number of urea groups is 1. The lowest BCUT2D eigenvalue weighted by atomic mass is 10.0. The number of rotatable bonds is 4. The molecular weight excluding hydrogens is 391 g/mol. The lowest BCUT2D eigenvalue weighted by Crippen LogP contribution is -2.35. The Hall–Kier alpha value is -2.86. The Morgan fingerprint density at radius 2 is 1.74 bits per heavy atom. The number of hydrogen-bond donors (Lipinski definition) is 1. The van der Waals surface area contributed by atoms with Crippen LogP contribution >= 0.6 is 0 Å². The molecule has 2 N–H and O–H groups in total. The fourth-order valence-corrected chi connectivity index (χ4v) is 3.94. The predicted octanol–water partition coefficient (Wildman–Crippen LogP) is 4.60. The molecule has 0 atom stereocenters. The molecule has 1 aliphatic rings. The van der Waals surface area contributed by atoms with Crippen LogP contribution in [0.2, 0.25) is 0 Å². The Bertz CT molecular complexity index is 988. The third-order valence-corrected chi connectivity index (χ3v) is 5.90. The number of piperidine rings is 1. The molecule has 31 heavy (non-hydrogen) atoms. The number of fused-ring (bicyclic) bond motifs is 1. The van der Waals surface area contributed by atoms with Gasteiger partial charge in [-0.2, -0.15) is 0 Å². The van der Waals surface area contributed by atoms with E-state index in [0.29, 0.717) is 6.04 Å². The molecule has 1 fully saturated rings. The maximum atomic E-state index is 13.0. The molecule has 166 valence electrons. The molecule has 0 spiro atoms. The first kappa shape index (κ1) is 22.8. The van der Waals surface area contributed by atoms with Crippen LogP contribution < -0.4 is 5.73 Å². The number of halogens is 1. The molecule has 0 unspecified atom stereocenters. The third-order valence-electron chi connectivity index (χ3n) is 5.90. The van der Waals surface area contributed by atoms with Gasteiger partial charge in [-0.25, -0.2) is 9.18 Å². The van der Waals surface area contributed by atoms with Crippen LogP contribution in [0, 0.1) is 12.7 Å². The fourth-order valence-electron chi connectivity index (χ4n) is 3.94. The van der Waals surface area contributed by atoms with Gasteiger partial charge in [0.1, 0.15) is 5.82 Å². The summed E-state index contributed by atoms with van der Waals surface area (Å²) >= 11 is 0. The number of primary amides is 1. The Balaban J connectivity index is 0.000000401. The van der Waals surface area contributed by atoms with E-state index in [2.05, 4.69) is 46.9 Å². The standard InChI is InChI=1S/C22H25FN2.C3H8N2O/c1-17-2-5-19-9-15-25(22(19)16-17)21-10-13-24(14-11-21)12-8-18-3-6-20(23)7-4-18;1-5(2)3(4)6/h2-7,9,15-16,21H,8,10-14H2,1H3;1-2H3,(H2,4,6). The average molecular weight is 425 g/mol. The van der Waals surface area contributed by atoms with Crippen molar-refractivity contribution in [3.63, 3.8) is 0 Å². The van der Waals surface area contributed by atoms with Gasteiger partial charge in [-0.1, -0.05) is 24.3 Å². The van der Waals surface area contributed by atoms with E-state index in [0.717, 1.165) is 26.1 Å². The Morgan fingerprint density at radius 1 is 1.10 bits per heavy atom. The van der Waals surface area contributed by atoms with Gasteiger partial charge in [-0.3, -0.25) is 0 Å². The summed E-state index contributed by atoms with van der Waals surface area (Å²) in [7, 11) is 3.20. The zero-order chi connectivity index (χ0) is 22.4. The van der Waals surface area contributed by atoms with E-state index >= 15 is 0 Å². The SMILES string of the molecule is CN(C)C(N)=O.Cc1ccc2ccn(C3CCN(CCc4ccc(F)cc4)CC3)c2c1. The lowest BCUT2D eigenvalue weighted by Gasteiger charge is -2.33. The zero-order valence-corrected chi connectivity index (χ0v) is 18.7. The Kier molecular flexibility index (Phi) is 7.69. The van der Waals surface area contributed by atoms with Crippen LogP contribution in [0.4, 0.5) is 9.18 Å². The summed E-state index contributed by atoms with van der Waals surface area (Å²) in [4.78, 5) is 13.7. The first-order chi connectivity index (χ1) is 14.8. The third kappa shape index (κ3) is 6.31. The second-order valence-electron chi connectivity index (χ2n) is 8.47. The molecule has 2 heterocycles. The van der Waals surface area contributed by atoms with Gasteiger partial charge in [-0.05, 0) is 67.0 Å². The van der Waals surface area contributed by atoms with Gasteiger partial charge in [-0.15, -0.1) is 0 Å². The number of nitrogens with zero attached hydrogens (tertiary/aromatic N) is 3. The number of aromatic nitrogens is 1. The van der Waals surface area contributed by atoms with Crippen LogP contribution in [-0.4, -0.2) is 54.1 Å². The van der Waals surface area contributed by atoms with E-state index in [9.17, 15) is 9.18 Å². The normalized spacial score (nSPS) is 14.8. The number of carbonyl (C=O) groups is 1. The smallest absolute Gasteiger partial charge is 0.314 e. The predicted molar refractivity (Wildman–Crippen MR) is 125 cm³/mol. The van der Waals surface area contributed by atoms with E-state index < -0.39 is 6.03 Å². The molecule has 0 radical (unpaired) electrons. The van der Waals surface area contributed by atoms with Crippen LogP contribution in [0.25, 0.3) is 10.9 Å². The van der Waals surface area contributed by atoms with Gasteiger partial charge in [0.15, 0.2) is 0 Å². The monoisotopic (exact) mass is 424 g/mol. The number of hydrogen-bond acceptors (Lipinski definition) is 2. The molecule has 4 rings (SSSR count). The molecule has 5 nitrogen and oxygen atoms in total. The van der Waals surface area contributed by atoms with Crippen LogP contribution in [0.15, 0.2) is 54.7 Å². The number of benzene rings is 2. The van der Waals surface area contributed by atoms with E-state index in [4.69, 9.17) is 5.73 Å². The van der Waals surface area contributed by atoms with Crippen molar-refractivity contribution in [1.82, 2.24) is 14.4 Å². The summed E-state index contributed by atoms with van der Waals surface area (Å²) < 4.78 is 15.5. The van der Waals surface area contributed by atoms with Crippen molar-refractivity contribution < 1.29 is 9.18 Å². The van der Waals surface area contributed by atoms with Gasteiger partial charge in [0.2, 0.25) is 0 Å². The van der Waals surface area contributed by atoms with Crippen molar-refractivity contribution in [2.75, 3.05) is 33.7 Å². The number of carbonyl (C=O) groups excluding carboxylic acids is 1. The molecule has 0 saturated carbocycles. The molecule has 2 aromatic carbocycles. The maximum Gasteiger partial charge on any atom is 0.314 e. The molecule has 6 heteroatoms. The largest absolute Gasteiger partial charge is 0.352 e. The highest BCUT2D eigenvalue weighted by atomic mass is 19.1. The second-order valence-corrected chi connectivity index (χ2v) is 8.47. The first-order valence-corrected chi connectivity index (χ1v) is 10.8. The summed E-state index contributed by atoms with van der Waals surface area (Å²) in [6.07, 6.45) is 5.64. The van der Waals surface area contributed by atoms with Gasteiger partial charge in [0, 0.05) is 51.5 Å². The van der Waals surface area contributed by atoms with Crippen LogP contribution in [-0.2, 0) is 6.42 Å². The summed E-state index contributed by atoms with van der Waals surface area (Å²) in [6, 6.07) is 16.0. The molecule has 2 amide bonds. The minimum Gasteiger partial charge on any atom is -0.352 e. The van der Waals surface area contributed by atoms with E-state index in [1.54, 1.807) is 26.2 Å². The van der Waals surface area contributed by atoms with Crippen molar-refractivity contribution in [3.8, 4) is 0 Å². The number of amides is 2. The quantitative estimate of drug-likeness (QED) is 0.666. The highest BCUT2D eigenvalue weighted by Crippen LogP contribution is 2.28. The molecule has 0 bridgehead atoms. The topological polar surface area (TPSA) is 54.5 Å². The van der Waals surface area contributed by atoms with Gasteiger partial charge in [0.25, 0.3) is 0 Å². The van der Waals surface area contributed by atoms with Gasteiger partial charge in [0.05, 0.1) is 0 Å². The molecule has 1 aromatic heterocycles. The van der Waals surface area contributed by atoms with E-state index in [1.807, 2.05) is 12.1 Å². The van der Waals surface area contributed by atoms with Gasteiger partial charge >= 0.3 is 6.03 Å². The Labute approximate surface area is 184 Å². The first-order valence-electron chi connectivity index (χ1n) is 10.8. The summed E-state index contributed by atoms with van der Waals surface area (Å²) in [5.74, 6) is -0.154. The lowest BCUT2D eigenvalue weighted by molar-refractivity contribution is 0.190. The fraction of sp³-hybridized carbons (Fsp3) is 0.400. The van der Waals surface area contributed by atoms with Crippen LogP contribution in [0.1, 0.15) is 30.0 Å². The summed E-state index contributed by atoms with van der Waals surface area (Å²) in [6.45, 7) is 5.49. The number of nitrogens with two attached hydrogens (primary N) is 1. The minimum atomic E-state index is -0.407. The van der Waals surface area contributed by atoms with Gasteiger partial charge < -0.3 is 20.1 Å². The molecule has 3 aromatic rings. The van der Waals surface area contributed by atoms with Crippen LogP contribution in [0.5, 0.6) is 0 Å². The molecule has 1 saturated heterocycles. The molecule has 1 aliphatic heterocycles. The van der Waals surface area contributed by atoms with Crippen LogP contribution in [0.3, 0.4) is 0 Å². The molecule has 0 aliphatic carbocycles. The Morgan fingerprint density at radius 3 is 2.35 bits per heavy atom. The van der Waals surface area contributed by atoms with Crippen molar-refractivity contribution >= 4 is 16.9 Å². The zero-order valence-electron chi connectivity index (χ0n) is 18.7. The summed E-state index contributed by atoms with van der Waals surface area (Å²) in [5.41, 5.74) is 8.63. The second kappa shape index (κ2) is 10.4. The van der Waals surface area contributed by atoms with Crippen molar-refractivity contribution in [1.29, 1.82) is 0 Å². The van der Waals surface area contributed by atoms with Crippen molar-refractivity contribution in [2.45, 2.75) is 32.2 Å². The number of likely N-dealkylation sites (tertiary alicyclic amines) is 1. The maximum absolute atomic E-state index is 13.0. The highest BCUT2D eigenvalue weighted by Gasteiger charge is 2.21. The van der Waals surface area contributed by atoms with Crippen molar-refractivity contribution in [3.05, 3.63) is 71.7 Å². The number of aryl methyl sites for hydroxylation is 1. The molecular formula is C25H33FN4O. The average Bonchev–Trinajstić information content (AvgIpc) is 3.17. The summed E-state index contributed by atoms with van der Waals surface area (Å²) in [5, 5.41) is 1.34. The van der Waals surface area contributed by atoms with E-state index in [1.165, 1.54) is 39.8 Å². The highest BCUT2D eigenvalue weighted by molar-refractivity contribution is 5.81. The van der Waals surface area contributed by atoms with E-state index in [-0.39, 0.29) is 5.82 Å².